The number of hydrogen-bond acceptors (Lipinski definition) is 7. The summed E-state index contributed by atoms with van der Waals surface area (Å²) in [6, 6.07) is 3.06. The number of rotatable bonds is 3. The maximum Gasteiger partial charge on any atom is 0.275 e. The van der Waals surface area contributed by atoms with Gasteiger partial charge in [-0.05, 0) is 31.0 Å². The highest BCUT2D eigenvalue weighted by Crippen LogP contribution is 2.43. The summed E-state index contributed by atoms with van der Waals surface area (Å²) < 4.78 is 41.4. The van der Waals surface area contributed by atoms with Crippen LogP contribution in [0.15, 0.2) is 41.0 Å². The van der Waals surface area contributed by atoms with Gasteiger partial charge in [-0.3, -0.25) is 14.2 Å². The predicted molar refractivity (Wildman–Crippen MR) is 117 cm³/mol. The molecule has 1 unspecified atom stereocenters. The first-order valence-electron chi connectivity index (χ1n) is 9.88. The summed E-state index contributed by atoms with van der Waals surface area (Å²) in [7, 11) is -3.59. The van der Waals surface area contributed by atoms with Crippen LogP contribution in [0.3, 0.4) is 0 Å². The van der Waals surface area contributed by atoms with E-state index in [0.29, 0.717) is 23.5 Å². The molecular formula is C20H20FN5O3S2. The lowest BCUT2D eigenvalue weighted by Gasteiger charge is -2.34. The van der Waals surface area contributed by atoms with Crippen molar-refractivity contribution in [3.05, 3.63) is 53.0 Å². The molecule has 3 heterocycles. The SMILES string of the molecule is NC1=NC(c2cc(NC(=O)c3cn4ccsc4n3)ccc2F)CS(=O)(=O)C12CCCC2. The van der Waals surface area contributed by atoms with Crippen LogP contribution in [-0.2, 0) is 9.84 Å². The van der Waals surface area contributed by atoms with E-state index in [1.165, 1.54) is 29.5 Å². The molecule has 1 saturated carbocycles. The minimum atomic E-state index is -3.59. The van der Waals surface area contributed by atoms with E-state index >= 15 is 0 Å². The Balaban J connectivity index is 1.44. The van der Waals surface area contributed by atoms with Crippen LogP contribution in [0.2, 0.25) is 0 Å². The molecule has 3 aromatic rings. The summed E-state index contributed by atoms with van der Waals surface area (Å²) in [6.45, 7) is 0. The van der Waals surface area contributed by atoms with Crippen molar-refractivity contribution in [3.63, 3.8) is 0 Å². The number of amidine groups is 1. The number of aliphatic imine (C=N–C) groups is 1. The molecule has 3 N–H and O–H groups in total. The molecule has 8 nitrogen and oxygen atoms in total. The van der Waals surface area contributed by atoms with E-state index < -0.39 is 32.4 Å². The fourth-order valence-electron chi connectivity index (χ4n) is 4.43. The van der Waals surface area contributed by atoms with Crippen molar-refractivity contribution in [1.29, 1.82) is 0 Å². The van der Waals surface area contributed by atoms with Gasteiger partial charge in [0.2, 0.25) is 0 Å². The molecule has 0 bridgehead atoms. The lowest BCUT2D eigenvalue weighted by atomic mass is 10.0. The number of carbonyl (C=O) groups is 1. The van der Waals surface area contributed by atoms with E-state index in [4.69, 9.17) is 5.73 Å². The Morgan fingerprint density at radius 2 is 2.10 bits per heavy atom. The van der Waals surface area contributed by atoms with E-state index in [-0.39, 0.29) is 22.8 Å². The lowest BCUT2D eigenvalue weighted by molar-refractivity contribution is 0.102. The molecule has 1 spiro atoms. The smallest absolute Gasteiger partial charge is 0.275 e. The molecule has 11 heteroatoms. The van der Waals surface area contributed by atoms with Crippen LogP contribution in [0.4, 0.5) is 10.1 Å². The highest BCUT2D eigenvalue weighted by molar-refractivity contribution is 7.93. The number of imidazole rings is 1. The molecule has 0 saturated heterocycles. The first-order chi connectivity index (χ1) is 14.8. The quantitative estimate of drug-likeness (QED) is 0.622. The van der Waals surface area contributed by atoms with Gasteiger partial charge in [0, 0.05) is 29.0 Å². The Kier molecular flexibility index (Phi) is 4.63. The summed E-state index contributed by atoms with van der Waals surface area (Å²) in [6.07, 6.45) is 5.87. The summed E-state index contributed by atoms with van der Waals surface area (Å²) in [4.78, 5) is 21.9. The monoisotopic (exact) mass is 461 g/mol. The standard InChI is InChI=1S/C20H20FN5O3S2/c21-14-4-3-12(23-17(27)15-10-26-7-8-30-19(26)25-15)9-13(14)16-11-31(28,29)20(18(22)24-16)5-1-2-6-20/h3-4,7-10,16H,1-2,5-6,11H2,(H2,22,24)(H,23,27). The number of amides is 1. The van der Waals surface area contributed by atoms with Crippen LogP contribution in [-0.4, -0.2) is 40.0 Å². The van der Waals surface area contributed by atoms with Crippen LogP contribution >= 0.6 is 11.3 Å². The number of aromatic nitrogens is 2. The number of anilines is 1. The average molecular weight is 462 g/mol. The number of fused-ring (bicyclic) bond motifs is 1. The second-order valence-corrected chi connectivity index (χ2v) is 11.1. The Morgan fingerprint density at radius 3 is 2.81 bits per heavy atom. The Labute approximate surface area is 181 Å². The second kappa shape index (κ2) is 7.13. The van der Waals surface area contributed by atoms with Crippen molar-refractivity contribution in [3.8, 4) is 0 Å². The van der Waals surface area contributed by atoms with Crippen molar-refractivity contribution >= 4 is 43.6 Å². The van der Waals surface area contributed by atoms with Crippen molar-refractivity contribution in [1.82, 2.24) is 9.38 Å². The number of benzene rings is 1. The molecule has 1 aliphatic heterocycles. The first kappa shape index (κ1) is 20.1. The summed E-state index contributed by atoms with van der Waals surface area (Å²) in [5.74, 6) is -1.29. The highest BCUT2D eigenvalue weighted by atomic mass is 32.2. The van der Waals surface area contributed by atoms with Gasteiger partial charge in [0.05, 0.1) is 11.8 Å². The van der Waals surface area contributed by atoms with E-state index in [2.05, 4.69) is 15.3 Å². The molecule has 5 rings (SSSR count). The summed E-state index contributed by atoms with van der Waals surface area (Å²) in [5, 5.41) is 4.55. The van der Waals surface area contributed by atoms with Crippen LogP contribution < -0.4 is 11.1 Å². The molecule has 1 aromatic carbocycles. The minimum absolute atomic E-state index is 0.0631. The van der Waals surface area contributed by atoms with Crippen molar-refractivity contribution in [2.45, 2.75) is 36.5 Å². The minimum Gasteiger partial charge on any atom is -0.386 e. The first-order valence-corrected chi connectivity index (χ1v) is 12.4. The molecule has 31 heavy (non-hydrogen) atoms. The average Bonchev–Trinajstić information content (AvgIpc) is 3.44. The number of carbonyl (C=O) groups excluding carboxylic acids is 1. The van der Waals surface area contributed by atoms with Gasteiger partial charge < -0.3 is 11.1 Å². The fraction of sp³-hybridized carbons (Fsp3) is 0.350. The Bertz CT molecular complexity index is 1290. The maximum atomic E-state index is 14.6. The molecule has 162 valence electrons. The second-order valence-electron chi connectivity index (χ2n) is 7.92. The third-order valence-electron chi connectivity index (χ3n) is 6.08. The van der Waals surface area contributed by atoms with Gasteiger partial charge >= 0.3 is 0 Å². The molecule has 1 fully saturated rings. The highest BCUT2D eigenvalue weighted by Gasteiger charge is 2.52. The third-order valence-corrected chi connectivity index (χ3v) is 9.42. The summed E-state index contributed by atoms with van der Waals surface area (Å²) >= 11 is 1.40. The molecule has 0 radical (unpaired) electrons. The largest absolute Gasteiger partial charge is 0.386 e. The van der Waals surface area contributed by atoms with Gasteiger partial charge in [0.25, 0.3) is 5.91 Å². The number of sulfone groups is 1. The van der Waals surface area contributed by atoms with E-state index in [1.54, 1.807) is 16.8 Å². The molecule has 1 amide bonds. The number of thiazole rings is 1. The Hall–Kier alpha value is -2.79. The molecule has 2 aromatic heterocycles. The van der Waals surface area contributed by atoms with Gasteiger partial charge in [-0.2, -0.15) is 0 Å². The van der Waals surface area contributed by atoms with Crippen LogP contribution in [0.25, 0.3) is 4.96 Å². The van der Waals surface area contributed by atoms with Crippen LogP contribution in [0, 0.1) is 5.82 Å². The van der Waals surface area contributed by atoms with Gasteiger partial charge in [0.15, 0.2) is 14.8 Å². The molecule has 1 aliphatic carbocycles. The van der Waals surface area contributed by atoms with Gasteiger partial charge in [-0.1, -0.05) is 12.8 Å². The third kappa shape index (κ3) is 3.23. The van der Waals surface area contributed by atoms with Crippen molar-refractivity contribution < 1.29 is 17.6 Å². The van der Waals surface area contributed by atoms with Crippen LogP contribution in [0.1, 0.15) is 47.8 Å². The number of nitrogens with zero attached hydrogens (tertiary/aromatic N) is 3. The summed E-state index contributed by atoms with van der Waals surface area (Å²) in [5.41, 5.74) is 6.75. The zero-order chi connectivity index (χ0) is 21.8. The van der Waals surface area contributed by atoms with E-state index in [9.17, 15) is 17.6 Å². The van der Waals surface area contributed by atoms with E-state index in [0.717, 1.165) is 12.8 Å². The van der Waals surface area contributed by atoms with Crippen LogP contribution in [0.5, 0.6) is 0 Å². The number of nitrogens with one attached hydrogen (secondary N) is 1. The predicted octanol–water partition coefficient (Wildman–Crippen LogP) is 2.93. The zero-order valence-corrected chi connectivity index (χ0v) is 18.0. The van der Waals surface area contributed by atoms with Gasteiger partial charge in [-0.25, -0.2) is 17.8 Å². The number of hydrogen-bond donors (Lipinski definition) is 2. The number of nitrogens with two attached hydrogens (primary N) is 1. The van der Waals surface area contributed by atoms with Gasteiger partial charge in [0.1, 0.15) is 22.1 Å². The maximum absolute atomic E-state index is 14.6. The van der Waals surface area contributed by atoms with Crippen molar-refractivity contribution in [2.24, 2.45) is 10.7 Å². The zero-order valence-electron chi connectivity index (χ0n) is 16.4. The van der Waals surface area contributed by atoms with E-state index in [1.807, 2.05) is 5.38 Å². The number of halogens is 1. The molecular weight excluding hydrogens is 441 g/mol. The van der Waals surface area contributed by atoms with Crippen molar-refractivity contribution in [2.75, 3.05) is 11.1 Å². The Morgan fingerprint density at radius 1 is 1.32 bits per heavy atom. The van der Waals surface area contributed by atoms with Gasteiger partial charge in [-0.15, -0.1) is 11.3 Å². The lowest BCUT2D eigenvalue weighted by Crippen LogP contribution is -2.53. The molecule has 2 aliphatic rings. The normalized spacial score (nSPS) is 22.0. The molecule has 1 atom stereocenters. The fourth-order valence-corrected chi connectivity index (χ4v) is 7.40. The topological polar surface area (TPSA) is 119 Å².